The highest BCUT2D eigenvalue weighted by atomic mass is 16.5. The maximum absolute atomic E-state index is 5.61. The Hall–Kier alpha value is -0.160. The van der Waals surface area contributed by atoms with Crippen LogP contribution in [0.1, 0.15) is 38.5 Å². The molecule has 2 atom stereocenters. The van der Waals surface area contributed by atoms with Crippen molar-refractivity contribution in [2.24, 2.45) is 5.73 Å². The Bertz CT molecular complexity index is 250. The lowest BCUT2D eigenvalue weighted by Crippen LogP contribution is -2.42. The van der Waals surface area contributed by atoms with E-state index < -0.39 is 0 Å². The lowest BCUT2D eigenvalue weighted by atomic mass is 9.91. The van der Waals surface area contributed by atoms with E-state index >= 15 is 0 Å². The van der Waals surface area contributed by atoms with Gasteiger partial charge in [-0.25, -0.2) is 0 Å². The molecule has 1 saturated heterocycles. The third-order valence-electron chi connectivity index (χ3n) is 4.75. The van der Waals surface area contributed by atoms with E-state index in [0.717, 1.165) is 19.0 Å². The SMILES string of the molecule is COC1CCCC(N2CCCN(CCCN)CC2)C1. The molecule has 0 amide bonds. The normalized spacial score (nSPS) is 31.3. The van der Waals surface area contributed by atoms with Gasteiger partial charge in [-0.1, -0.05) is 0 Å². The van der Waals surface area contributed by atoms with Gasteiger partial charge in [-0.15, -0.1) is 0 Å². The summed E-state index contributed by atoms with van der Waals surface area (Å²) < 4.78 is 5.57. The molecule has 2 unspecified atom stereocenters. The third kappa shape index (κ3) is 4.71. The first kappa shape index (κ1) is 15.2. The van der Waals surface area contributed by atoms with Crippen LogP contribution in [0.5, 0.6) is 0 Å². The summed E-state index contributed by atoms with van der Waals surface area (Å²) in [5.74, 6) is 0. The molecule has 0 spiro atoms. The first-order valence-corrected chi connectivity index (χ1v) is 8.02. The predicted molar refractivity (Wildman–Crippen MR) is 79.4 cm³/mol. The van der Waals surface area contributed by atoms with Gasteiger partial charge in [0.25, 0.3) is 0 Å². The third-order valence-corrected chi connectivity index (χ3v) is 4.75. The molecule has 19 heavy (non-hydrogen) atoms. The Balaban J connectivity index is 1.78. The number of methoxy groups -OCH3 is 1. The molecular weight excluding hydrogens is 238 g/mol. The van der Waals surface area contributed by atoms with Crippen LogP contribution in [0.2, 0.25) is 0 Å². The minimum atomic E-state index is 0.496. The van der Waals surface area contributed by atoms with Crippen LogP contribution in [0.4, 0.5) is 0 Å². The van der Waals surface area contributed by atoms with E-state index in [-0.39, 0.29) is 0 Å². The molecule has 1 heterocycles. The summed E-state index contributed by atoms with van der Waals surface area (Å²) in [6, 6.07) is 0.758. The van der Waals surface area contributed by atoms with Gasteiger partial charge in [0, 0.05) is 26.2 Å². The van der Waals surface area contributed by atoms with Crippen LogP contribution in [0.15, 0.2) is 0 Å². The van der Waals surface area contributed by atoms with Gasteiger partial charge in [-0.3, -0.25) is 4.90 Å². The molecule has 2 N–H and O–H groups in total. The Kier molecular flexibility index (Phi) is 6.57. The van der Waals surface area contributed by atoms with Gasteiger partial charge in [-0.05, 0) is 64.7 Å². The molecule has 2 aliphatic rings. The van der Waals surface area contributed by atoms with Gasteiger partial charge in [-0.2, -0.15) is 0 Å². The molecular formula is C15H31N3O. The van der Waals surface area contributed by atoms with Crippen molar-refractivity contribution in [2.45, 2.75) is 50.7 Å². The van der Waals surface area contributed by atoms with Crippen LogP contribution >= 0.6 is 0 Å². The Morgan fingerprint density at radius 1 is 1.11 bits per heavy atom. The van der Waals surface area contributed by atoms with E-state index in [1.165, 1.54) is 64.8 Å². The smallest absolute Gasteiger partial charge is 0.0586 e. The molecule has 2 rings (SSSR count). The fourth-order valence-electron chi connectivity index (χ4n) is 3.56. The monoisotopic (exact) mass is 269 g/mol. The molecule has 1 aliphatic heterocycles. The van der Waals surface area contributed by atoms with Crippen molar-refractivity contribution in [3.05, 3.63) is 0 Å². The molecule has 0 aromatic heterocycles. The maximum Gasteiger partial charge on any atom is 0.0586 e. The second kappa shape index (κ2) is 8.20. The molecule has 4 nitrogen and oxygen atoms in total. The lowest BCUT2D eigenvalue weighted by molar-refractivity contribution is 0.0289. The van der Waals surface area contributed by atoms with Gasteiger partial charge in [0.05, 0.1) is 6.10 Å². The van der Waals surface area contributed by atoms with Crippen LogP contribution in [-0.2, 0) is 4.74 Å². The summed E-state index contributed by atoms with van der Waals surface area (Å²) in [5, 5.41) is 0. The zero-order valence-electron chi connectivity index (χ0n) is 12.5. The van der Waals surface area contributed by atoms with Gasteiger partial charge < -0.3 is 15.4 Å². The van der Waals surface area contributed by atoms with Crippen LogP contribution in [-0.4, -0.2) is 68.3 Å². The number of nitrogens with two attached hydrogens (primary N) is 1. The summed E-state index contributed by atoms with van der Waals surface area (Å²) >= 11 is 0. The van der Waals surface area contributed by atoms with Gasteiger partial charge in [0.2, 0.25) is 0 Å². The molecule has 1 aliphatic carbocycles. The fourth-order valence-corrected chi connectivity index (χ4v) is 3.56. The summed E-state index contributed by atoms with van der Waals surface area (Å²) in [4.78, 5) is 5.30. The average molecular weight is 269 g/mol. The van der Waals surface area contributed by atoms with Gasteiger partial charge in [0.15, 0.2) is 0 Å². The number of hydrogen-bond donors (Lipinski definition) is 1. The van der Waals surface area contributed by atoms with Crippen molar-refractivity contribution in [3.63, 3.8) is 0 Å². The number of hydrogen-bond acceptors (Lipinski definition) is 4. The Morgan fingerprint density at radius 3 is 2.79 bits per heavy atom. The largest absolute Gasteiger partial charge is 0.381 e. The Labute approximate surface area is 118 Å². The zero-order chi connectivity index (χ0) is 13.5. The van der Waals surface area contributed by atoms with E-state index in [0.29, 0.717) is 6.10 Å². The second-order valence-corrected chi connectivity index (χ2v) is 6.05. The van der Waals surface area contributed by atoms with Crippen LogP contribution in [0.25, 0.3) is 0 Å². The average Bonchev–Trinajstić information content (AvgIpc) is 2.70. The van der Waals surface area contributed by atoms with E-state index in [1.54, 1.807) is 0 Å². The quantitative estimate of drug-likeness (QED) is 0.817. The summed E-state index contributed by atoms with van der Waals surface area (Å²) in [7, 11) is 1.87. The molecule has 0 aromatic carbocycles. The van der Waals surface area contributed by atoms with Crippen molar-refractivity contribution >= 4 is 0 Å². The summed E-state index contributed by atoms with van der Waals surface area (Å²) in [6.07, 6.45) is 8.12. The minimum Gasteiger partial charge on any atom is -0.381 e. The number of ether oxygens (including phenoxy) is 1. The summed E-state index contributed by atoms with van der Waals surface area (Å²) in [6.45, 7) is 6.95. The van der Waals surface area contributed by atoms with E-state index in [4.69, 9.17) is 10.5 Å². The van der Waals surface area contributed by atoms with Gasteiger partial charge in [0.1, 0.15) is 0 Å². The van der Waals surface area contributed by atoms with E-state index in [1.807, 2.05) is 7.11 Å². The number of rotatable bonds is 5. The molecule has 0 radical (unpaired) electrons. The van der Waals surface area contributed by atoms with Crippen LogP contribution < -0.4 is 5.73 Å². The molecule has 0 aromatic rings. The van der Waals surface area contributed by atoms with Crippen molar-refractivity contribution in [2.75, 3.05) is 46.4 Å². The van der Waals surface area contributed by atoms with Crippen molar-refractivity contribution in [1.29, 1.82) is 0 Å². The van der Waals surface area contributed by atoms with Crippen LogP contribution in [0, 0.1) is 0 Å². The highest BCUT2D eigenvalue weighted by Gasteiger charge is 2.27. The molecule has 1 saturated carbocycles. The first-order chi connectivity index (χ1) is 9.33. The maximum atomic E-state index is 5.61. The molecule has 112 valence electrons. The summed E-state index contributed by atoms with van der Waals surface area (Å²) in [5.41, 5.74) is 5.61. The second-order valence-electron chi connectivity index (χ2n) is 6.05. The number of nitrogens with zero attached hydrogens (tertiary/aromatic N) is 2. The molecule has 2 fully saturated rings. The fraction of sp³-hybridized carbons (Fsp3) is 1.00. The Morgan fingerprint density at radius 2 is 2.00 bits per heavy atom. The first-order valence-electron chi connectivity index (χ1n) is 8.02. The van der Waals surface area contributed by atoms with Crippen molar-refractivity contribution < 1.29 is 4.74 Å². The van der Waals surface area contributed by atoms with Crippen molar-refractivity contribution in [3.8, 4) is 0 Å². The van der Waals surface area contributed by atoms with Gasteiger partial charge >= 0.3 is 0 Å². The highest BCUT2D eigenvalue weighted by molar-refractivity contribution is 4.83. The lowest BCUT2D eigenvalue weighted by Gasteiger charge is -2.36. The standard InChI is InChI=1S/C15H31N3O/c1-19-15-6-2-5-14(13-15)18-10-4-9-17(11-12-18)8-3-7-16/h14-15H,2-13,16H2,1H3. The van der Waals surface area contributed by atoms with E-state index in [9.17, 15) is 0 Å². The molecule has 0 bridgehead atoms. The van der Waals surface area contributed by atoms with Crippen LogP contribution in [0.3, 0.4) is 0 Å². The van der Waals surface area contributed by atoms with Crippen molar-refractivity contribution in [1.82, 2.24) is 9.80 Å². The molecule has 4 heteroatoms. The highest BCUT2D eigenvalue weighted by Crippen LogP contribution is 2.25. The topological polar surface area (TPSA) is 41.7 Å². The zero-order valence-corrected chi connectivity index (χ0v) is 12.5. The minimum absolute atomic E-state index is 0.496. The van der Waals surface area contributed by atoms with E-state index in [2.05, 4.69) is 9.80 Å². The predicted octanol–water partition coefficient (Wildman–Crippen LogP) is 1.30.